The van der Waals surface area contributed by atoms with Gasteiger partial charge in [0, 0.05) is 51.0 Å². The van der Waals surface area contributed by atoms with Gasteiger partial charge in [0.1, 0.15) is 5.75 Å². The largest absolute Gasteiger partial charge is 0.497 e. The third kappa shape index (κ3) is 5.85. The van der Waals surface area contributed by atoms with E-state index in [1.165, 1.54) is 11.1 Å². The van der Waals surface area contributed by atoms with Gasteiger partial charge in [-0.2, -0.15) is 0 Å². The van der Waals surface area contributed by atoms with Crippen molar-refractivity contribution in [3.05, 3.63) is 59.9 Å². The van der Waals surface area contributed by atoms with Gasteiger partial charge in [-0.15, -0.1) is 0 Å². The number of amides is 1. The van der Waals surface area contributed by atoms with Gasteiger partial charge < -0.3 is 19.7 Å². The Morgan fingerprint density at radius 3 is 2.62 bits per heavy atom. The lowest BCUT2D eigenvalue weighted by Crippen LogP contribution is -2.46. The fourth-order valence-electron chi connectivity index (χ4n) is 4.68. The summed E-state index contributed by atoms with van der Waals surface area (Å²) >= 11 is 0. The molecule has 2 atom stereocenters. The smallest absolute Gasteiger partial charge is 0.222 e. The first kappa shape index (κ1) is 22.7. The zero-order valence-electron chi connectivity index (χ0n) is 18.9. The summed E-state index contributed by atoms with van der Waals surface area (Å²) in [6, 6.07) is 12.8. The van der Waals surface area contributed by atoms with Crippen LogP contribution in [0.15, 0.2) is 48.8 Å². The van der Waals surface area contributed by atoms with E-state index in [1.54, 1.807) is 7.11 Å². The second-order valence-electron chi connectivity index (χ2n) is 8.50. The molecule has 2 aliphatic rings. The monoisotopic (exact) mass is 438 g/mol. The number of ether oxygens (including phenoxy) is 2. The number of likely N-dealkylation sites (tertiary alicyclic amines) is 1. The quantitative estimate of drug-likeness (QED) is 0.576. The molecule has 1 amide bonds. The third-order valence-electron chi connectivity index (χ3n) is 6.54. The molecule has 0 aliphatic carbocycles. The maximum absolute atomic E-state index is 12.8. The molecule has 2 aromatic rings. The Balaban J connectivity index is 1.34. The molecule has 2 unspecified atom stereocenters. The van der Waals surface area contributed by atoms with E-state index in [-0.39, 0.29) is 18.0 Å². The molecule has 2 aliphatic heterocycles. The van der Waals surface area contributed by atoms with Crippen LogP contribution < -0.4 is 10.1 Å². The molecule has 172 valence electrons. The topological polar surface area (TPSA) is 66.9 Å². The zero-order chi connectivity index (χ0) is 22.2. The highest BCUT2D eigenvalue weighted by Crippen LogP contribution is 2.28. The van der Waals surface area contributed by atoms with Crippen LogP contribution in [0.2, 0.25) is 0 Å². The number of nitrogens with zero attached hydrogens (tertiary/aromatic N) is 3. The summed E-state index contributed by atoms with van der Waals surface area (Å²) in [7, 11) is 1.68. The summed E-state index contributed by atoms with van der Waals surface area (Å²) in [5.74, 6) is 1.15. The summed E-state index contributed by atoms with van der Waals surface area (Å²) in [6.07, 6.45) is 6.24. The SMILES string of the molecule is COc1ccc(CNCCC2CCC(=O)N2CC(c2ccncc2)N2CCOCC2)cc1. The number of methoxy groups -OCH3 is 1. The van der Waals surface area contributed by atoms with E-state index in [2.05, 4.69) is 44.4 Å². The van der Waals surface area contributed by atoms with E-state index in [0.717, 1.165) is 64.5 Å². The van der Waals surface area contributed by atoms with Crippen molar-refractivity contribution in [3.63, 3.8) is 0 Å². The first-order valence-corrected chi connectivity index (χ1v) is 11.6. The van der Waals surface area contributed by atoms with Crippen molar-refractivity contribution in [2.45, 2.75) is 37.9 Å². The van der Waals surface area contributed by atoms with E-state index in [0.29, 0.717) is 6.42 Å². The zero-order valence-corrected chi connectivity index (χ0v) is 18.9. The molecule has 0 radical (unpaired) electrons. The van der Waals surface area contributed by atoms with E-state index in [9.17, 15) is 4.79 Å². The summed E-state index contributed by atoms with van der Waals surface area (Å²) in [5, 5.41) is 3.54. The van der Waals surface area contributed by atoms with Crippen LogP contribution in [0, 0.1) is 0 Å². The van der Waals surface area contributed by atoms with Crippen molar-refractivity contribution < 1.29 is 14.3 Å². The van der Waals surface area contributed by atoms with Crippen LogP contribution in [0.25, 0.3) is 0 Å². The number of aromatic nitrogens is 1. The van der Waals surface area contributed by atoms with Crippen LogP contribution in [0.5, 0.6) is 5.75 Å². The van der Waals surface area contributed by atoms with Gasteiger partial charge in [0.15, 0.2) is 0 Å². The standard InChI is InChI=1S/C25H34N4O3/c1-31-23-5-2-20(3-6-23)18-27-13-10-22-4-7-25(30)29(22)19-24(21-8-11-26-12-9-21)28-14-16-32-17-15-28/h2-3,5-6,8-9,11-12,22,24,27H,4,7,10,13-19H2,1H3. The number of pyridine rings is 1. The molecule has 1 aromatic heterocycles. The van der Waals surface area contributed by atoms with Crippen LogP contribution in [-0.2, 0) is 16.1 Å². The van der Waals surface area contributed by atoms with E-state index < -0.39 is 0 Å². The molecule has 1 N–H and O–H groups in total. The van der Waals surface area contributed by atoms with Crippen molar-refractivity contribution >= 4 is 5.91 Å². The average Bonchev–Trinajstić information content (AvgIpc) is 3.20. The Bertz CT molecular complexity index is 840. The van der Waals surface area contributed by atoms with Gasteiger partial charge in [0.05, 0.1) is 26.4 Å². The van der Waals surface area contributed by atoms with Crippen molar-refractivity contribution in [1.29, 1.82) is 0 Å². The second-order valence-corrected chi connectivity index (χ2v) is 8.50. The Labute approximate surface area is 190 Å². The van der Waals surface area contributed by atoms with Gasteiger partial charge >= 0.3 is 0 Å². The van der Waals surface area contributed by atoms with Crippen molar-refractivity contribution in [2.24, 2.45) is 0 Å². The Morgan fingerprint density at radius 2 is 1.91 bits per heavy atom. The first-order chi connectivity index (χ1) is 15.7. The van der Waals surface area contributed by atoms with Crippen molar-refractivity contribution in [1.82, 2.24) is 20.1 Å². The Hall–Kier alpha value is -2.48. The third-order valence-corrected chi connectivity index (χ3v) is 6.54. The predicted molar refractivity (Wildman–Crippen MR) is 123 cm³/mol. The summed E-state index contributed by atoms with van der Waals surface area (Å²) in [6.45, 7) is 5.71. The maximum atomic E-state index is 12.8. The maximum Gasteiger partial charge on any atom is 0.222 e. The highest BCUT2D eigenvalue weighted by atomic mass is 16.5. The van der Waals surface area contributed by atoms with Crippen LogP contribution >= 0.6 is 0 Å². The molecule has 0 saturated carbocycles. The average molecular weight is 439 g/mol. The molecule has 7 nitrogen and oxygen atoms in total. The summed E-state index contributed by atoms with van der Waals surface area (Å²) in [4.78, 5) is 21.5. The number of carbonyl (C=O) groups excluding carboxylic acids is 1. The molecule has 4 rings (SSSR count). The number of benzene rings is 1. The molecule has 3 heterocycles. The van der Waals surface area contributed by atoms with Gasteiger partial charge in [0.2, 0.25) is 5.91 Å². The number of carbonyl (C=O) groups is 1. The lowest BCUT2D eigenvalue weighted by atomic mass is 10.0. The predicted octanol–water partition coefficient (Wildman–Crippen LogP) is 2.63. The van der Waals surface area contributed by atoms with Gasteiger partial charge in [-0.3, -0.25) is 14.7 Å². The molecular formula is C25H34N4O3. The Morgan fingerprint density at radius 1 is 1.16 bits per heavy atom. The minimum atomic E-state index is 0.179. The molecule has 0 bridgehead atoms. The molecule has 2 fully saturated rings. The van der Waals surface area contributed by atoms with E-state index in [1.807, 2.05) is 24.5 Å². The second kappa shape index (κ2) is 11.4. The molecule has 7 heteroatoms. The minimum Gasteiger partial charge on any atom is -0.497 e. The van der Waals surface area contributed by atoms with E-state index >= 15 is 0 Å². The van der Waals surface area contributed by atoms with Gasteiger partial charge in [-0.1, -0.05) is 12.1 Å². The van der Waals surface area contributed by atoms with Crippen molar-refractivity contribution in [3.8, 4) is 5.75 Å². The highest BCUT2D eigenvalue weighted by molar-refractivity contribution is 5.78. The minimum absolute atomic E-state index is 0.179. The summed E-state index contributed by atoms with van der Waals surface area (Å²) < 4.78 is 10.8. The molecular weight excluding hydrogens is 404 g/mol. The lowest BCUT2D eigenvalue weighted by Gasteiger charge is -2.38. The normalized spacial score (nSPS) is 20.5. The molecule has 1 aromatic carbocycles. The molecule has 2 saturated heterocycles. The first-order valence-electron chi connectivity index (χ1n) is 11.6. The van der Waals surface area contributed by atoms with Gasteiger partial charge in [-0.05, 0) is 54.8 Å². The van der Waals surface area contributed by atoms with Gasteiger partial charge in [0.25, 0.3) is 0 Å². The van der Waals surface area contributed by atoms with Crippen LogP contribution in [0.3, 0.4) is 0 Å². The number of rotatable bonds is 10. The van der Waals surface area contributed by atoms with Crippen LogP contribution in [-0.4, -0.2) is 73.2 Å². The summed E-state index contributed by atoms with van der Waals surface area (Å²) in [5.41, 5.74) is 2.45. The fraction of sp³-hybridized carbons (Fsp3) is 0.520. The van der Waals surface area contributed by atoms with Crippen LogP contribution in [0.1, 0.15) is 36.4 Å². The lowest BCUT2D eigenvalue weighted by molar-refractivity contribution is -0.130. The van der Waals surface area contributed by atoms with Gasteiger partial charge in [-0.25, -0.2) is 0 Å². The molecule has 0 spiro atoms. The number of morpholine rings is 1. The Kier molecular flexibility index (Phi) is 8.09. The van der Waals surface area contributed by atoms with E-state index in [4.69, 9.17) is 9.47 Å². The van der Waals surface area contributed by atoms with Crippen molar-refractivity contribution in [2.75, 3.05) is 46.5 Å². The number of hydrogen-bond donors (Lipinski definition) is 1. The number of nitrogens with one attached hydrogen (secondary N) is 1. The molecule has 32 heavy (non-hydrogen) atoms. The fourth-order valence-corrected chi connectivity index (χ4v) is 4.68. The highest BCUT2D eigenvalue weighted by Gasteiger charge is 2.34. The van der Waals surface area contributed by atoms with Crippen LogP contribution in [0.4, 0.5) is 0 Å². The number of hydrogen-bond acceptors (Lipinski definition) is 6.